The fourth-order valence-electron chi connectivity index (χ4n) is 0.318. The Morgan fingerprint density at radius 3 is 2.27 bits per heavy atom. The maximum absolute atomic E-state index is 9.93. The average molecular weight is 211 g/mol. The van der Waals surface area contributed by atoms with E-state index in [1.807, 2.05) is 0 Å². The second-order valence-electron chi connectivity index (χ2n) is 1.56. The minimum Gasteiger partial charge on any atom is -0.748 e. The molecule has 0 rings (SSSR count). The van der Waals surface area contributed by atoms with Crippen LogP contribution in [0, 0.1) is 0 Å². The molecule has 0 N–H and O–H groups in total. The Bertz CT molecular complexity index is 169. The second-order valence-corrected chi connectivity index (χ2v) is 3.46. The van der Waals surface area contributed by atoms with Gasteiger partial charge in [-0.25, -0.2) is 8.42 Å². The van der Waals surface area contributed by atoms with Gasteiger partial charge in [-0.15, -0.1) is 11.6 Å². The van der Waals surface area contributed by atoms with E-state index in [0.717, 1.165) is 0 Å². The molecule has 0 radical (unpaired) electrons. The van der Waals surface area contributed by atoms with Crippen LogP contribution in [0.4, 0.5) is 0 Å². The summed E-state index contributed by atoms with van der Waals surface area (Å²) in [6.07, 6.45) is 0. The van der Waals surface area contributed by atoms with Gasteiger partial charge in [0, 0.05) is 5.88 Å². The van der Waals surface area contributed by atoms with E-state index in [1.54, 1.807) is 0 Å². The van der Waals surface area contributed by atoms with Gasteiger partial charge in [-0.2, -0.15) is 0 Å². The minimum atomic E-state index is -4.12. The van der Waals surface area contributed by atoms with Gasteiger partial charge >= 0.3 is 29.6 Å². The first-order chi connectivity index (χ1) is 4.56. The van der Waals surface area contributed by atoms with Crippen molar-refractivity contribution in [1.29, 1.82) is 0 Å². The molecule has 0 saturated heterocycles. The third-order valence-corrected chi connectivity index (χ3v) is 1.52. The first-order valence-electron chi connectivity index (χ1n) is 2.63. The molecule has 0 fully saturated rings. The summed E-state index contributed by atoms with van der Waals surface area (Å²) in [7, 11) is -4.12. The van der Waals surface area contributed by atoms with Crippen LogP contribution in [0.15, 0.2) is 0 Å². The molecule has 4 nitrogen and oxygen atoms in total. The standard InChI is InChI=1S/C4H9ClO4S.Na/c5-1-2-9-3-4-10(6,7)8;/h1-4H2,(H,6,7,8);/q;+1/p-1. The topological polar surface area (TPSA) is 66.4 Å². The quantitative estimate of drug-likeness (QED) is 0.207. The fraction of sp³-hybridized carbons (Fsp3) is 1.00. The molecule has 0 saturated carbocycles. The van der Waals surface area contributed by atoms with Gasteiger partial charge in [0.1, 0.15) is 0 Å². The van der Waals surface area contributed by atoms with Crippen molar-refractivity contribution in [3.63, 3.8) is 0 Å². The molecule has 0 heterocycles. The van der Waals surface area contributed by atoms with Gasteiger partial charge < -0.3 is 9.29 Å². The molecular formula is C4H8ClNaO4S. The molecule has 0 atom stereocenters. The summed E-state index contributed by atoms with van der Waals surface area (Å²) < 4.78 is 34.4. The Morgan fingerprint density at radius 2 is 1.91 bits per heavy atom. The fourth-order valence-corrected chi connectivity index (χ4v) is 0.749. The molecule has 0 amide bonds. The van der Waals surface area contributed by atoms with Crippen LogP contribution in [0.25, 0.3) is 0 Å². The molecule has 0 spiro atoms. The molecule has 0 aliphatic heterocycles. The predicted molar refractivity (Wildman–Crippen MR) is 36.1 cm³/mol. The van der Waals surface area contributed by atoms with Crippen molar-refractivity contribution in [2.45, 2.75) is 0 Å². The van der Waals surface area contributed by atoms with E-state index in [-0.39, 0.29) is 42.8 Å². The monoisotopic (exact) mass is 210 g/mol. The maximum Gasteiger partial charge on any atom is 1.00 e. The number of halogens is 1. The van der Waals surface area contributed by atoms with Crippen LogP contribution in [0.5, 0.6) is 0 Å². The number of hydrogen-bond acceptors (Lipinski definition) is 4. The largest absolute Gasteiger partial charge is 1.00 e. The summed E-state index contributed by atoms with van der Waals surface area (Å²) in [5, 5.41) is 0. The van der Waals surface area contributed by atoms with Gasteiger partial charge in [0.15, 0.2) is 0 Å². The summed E-state index contributed by atoms with van der Waals surface area (Å²) in [6, 6.07) is 0. The summed E-state index contributed by atoms with van der Waals surface area (Å²) in [5.41, 5.74) is 0. The van der Waals surface area contributed by atoms with Gasteiger partial charge in [0.25, 0.3) is 0 Å². The van der Waals surface area contributed by atoms with Crippen molar-refractivity contribution in [2.24, 2.45) is 0 Å². The zero-order valence-corrected chi connectivity index (χ0v) is 9.82. The Hall–Kier alpha value is 1.16. The van der Waals surface area contributed by atoms with Gasteiger partial charge in [-0.3, -0.25) is 0 Å². The summed E-state index contributed by atoms with van der Waals surface area (Å²) in [4.78, 5) is 0. The molecule has 0 aliphatic rings. The number of hydrogen-bond donors (Lipinski definition) is 0. The average Bonchev–Trinajstić information content (AvgIpc) is 1.78. The number of rotatable bonds is 5. The molecule has 11 heavy (non-hydrogen) atoms. The number of alkyl halides is 1. The molecule has 0 aromatic carbocycles. The Morgan fingerprint density at radius 1 is 1.36 bits per heavy atom. The van der Waals surface area contributed by atoms with Gasteiger partial charge in [-0.1, -0.05) is 0 Å². The van der Waals surface area contributed by atoms with Crippen LogP contribution >= 0.6 is 11.6 Å². The van der Waals surface area contributed by atoms with Crippen molar-refractivity contribution >= 4 is 21.7 Å². The van der Waals surface area contributed by atoms with Gasteiger partial charge in [0.2, 0.25) is 0 Å². The molecule has 62 valence electrons. The van der Waals surface area contributed by atoms with E-state index < -0.39 is 15.9 Å². The van der Waals surface area contributed by atoms with Crippen LogP contribution in [0.1, 0.15) is 0 Å². The Kier molecular flexibility index (Phi) is 10.4. The first-order valence-corrected chi connectivity index (χ1v) is 4.75. The molecular weight excluding hydrogens is 203 g/mol. The van der Waals surface area contributed by atoms with Gasteiger partial charge in [0.05, 0.1) is 29.1 Å². The van der Waals surface area contributed by atoms with Crippen molar-refractivity contribution in [3.05, 3.63) is 0 Å². The van der Waals surface area contributed by atoms with Gasteiger partial charge in [-0.05, 0) is 0 Å². The van der Waals surface area contributed by atoms with Crippen LogP contribution in [-0.2, 0) is 14.9 Å². The molecule has 0 aromatic heterocycles. The predicted octanol–water partition coefficient (Wildman–Crippen LogP) is -3.21. The van der Waals surface area contributed by atoms with E-state index in [2.05, 4.69) is 4.74 Å². The van der Waals surface area contributed by atoms with Crippen molar-refractivity contribution in [3.8, 4) is 0 Å². The Labute approximate surface area is 93.3 Å². The van der Waals surface area contributed by atoms with Crippen molar-refractivity contribution in [1.82, 2.24) is 0 Å². The molecule has 0 unspecified atom stereocenters. The van der Waals surface area contributed by atoms with E-state index in [0.29, 0.717) is 5.88 Å². The summed E-state index contributed by atoms with van der Waals surface area (Å²) in [5.74, 6) is -0.178. The Balaban J connectivity index is 0. The van der Waals surface area contributed by atoms with Crippen molar-refractivity contribution in [2.75, 3.05) is 24.8 Å². The van der Waals surface area contributed by atoms with E-state index in [9.17, 15) is 13.0 Å². The SMILES string of the molecule is O=S(=O)([O-])CCOCCCl.[Na+]. The minimum absolute atomic E-state index is 0. The van der Waals surface area contributed by atoms with E-state index in [1.165, 1.54) is 0 Å². The number of ether oxygens (including phenoxy) is 1. The summed E-state index contributed by atoms with van der Waals surface area (Å²) >= 11 is 5.20. The molecule has 7 heteroatoms. The van der Waals surface area contributed by atoms with Crippen LogP contribution in [-0.4, -0.2) is 37.8 Å². The van der Waals surface area contributed by atoms with Crippen molar-refractivity contribution < 1.29 is 47.3 Å². The van der Waals surface area contributed by atoms with E-state index in [4.69, 9.17) is 11.6 Å². The van der Waals surface area contributed by atoms with Crippen LogP contribution in [0.3, 0.4) is 0 Å². The zero-order chi connectivity index (χ0) is 8.04. The molecule has 0 bridgehead atoms. The molecule has 0 aromatic rings. The third-order valence-electron chi connectivity index (χ3n) is 0.699. The zero-order valence-electron chi connectivity index (χ0n) is 6.25. The second kappa shape index (κ2) is 7.79. The maximum atomic E-state index is 9.93. The van der Waals surface area contributed by atoms with Crippen LogP contribution in [0.2, 0.25) is 0 Å². The normalized spacial score (nSPS) is 10.7. The summed E-state index contributed by atoms with van der Waals surface area (Å²) in [6.45, 7) is 0.204. The first kappa shape index (κ1) is 14.7. The smallest absolute Gasteiger partial charge is 0.748 e. The van der Waals surface area contributed by atoms with Crippen LogP contribution < -0.4 is 29.6 Å². The molecule has 0 aliphatic carbocycles. The van der Waals surface area contributed by atoms with E-state index >= 15 is 0 Å². The third kappa shape index (κ3) is 14.1.